The minimum Gasteiger partial charge on any atom is -0.437 e. The van der Waals surface area contributed by atoms with E-state index in [1.807, 2.05) is 30.3 Å². The van der Waals surface area contributed by atoms with Crippen molar-refractivity contribution in [1.29, 1.82) is 0 Å². The maximum absolute atomic E-state index is 13.7. The minimum atomic E-state index is -0.907. The summed E-state index contributed by atoms with van der Waals surface area (Å²) in [5.74, 6) is -2.18. The van der Waals surface area contributed by atoms with E-state index in [2.05, 4.69) is 10.3 Å². The molecule has 138 valence electrons. The average molecular weight is 376 g/mol. The number of rotatable bonds is 4. The Hall–Kier alpha value is -3.80. The SMILES string of the molecule is O=C(Nc1ccc(/C=C/c2nc3ccccc3o2)cc1)c1c(F)cccc1F. The highest BCUT2D eigenvalue weighted by molar-refractivity contribution is 6.04. The second kappa shape index (κ2) is 7.44. The van der Waals surface area contributed by atoms with Crippen LogP contribution in [-0.2, 0) is 0 Å². The fourth-order valence-corrected chi connectivity index (χ4v) is 2.71. The van der Waals surface area contributed by atoms with Gasteiger partial charge in [0.05, 0.1) is 0 Å². The smallest absolute Gasteiger partial charge is 0.261 e. The van der Waals surface area contributed by atoms with Gasteiger partial charge in [-0.05, 0) is 48.0 Å². The molecule has 28 heavy (non-hydrogen) atoms. The van der Waals surface area contributed by atoms with Crippen molar-refractivity contribution >= 4 is 34.8 Å². The number of oxazole rings is 1. The van der Waals surface area contributed by atoms with Gasteiger partial charge in [0.15, 0.2) is 5.58 Å². The molecule has 0 spiro atoms. The van der Waals surface area contributed by atoms with E-state index >= 15 is 0 Å². The Morgan fingerprint density at radius 3 is 2.32 bits per heavy atom. The Labute approximate surface area is 159 Å². The third-order valence-corrected chi connectivity index (χ3v) is 4.09. The van der Waals surface area contributed by atoms with Crippen molar-refractivity contribution < 1.29 is 18.0 Å². The quantitative estimate of drug-likeness (QED) is 0.510. The molecule has 0 aliphatic carbocycles. The van der Waals surface area contributed by atoms with Gasteiger partial charge in [-0.25, -0.2) is 13.8 Å². The highest BCUT2D eigenvalue weighted by atomic mass is 19.1. The number of fused-ring (bicyclic) bond motifs is 1. The first kappa shape index (κ1) is 17.6. The molecule has 1 aromatic heterocycles. The number of carbonyl (C=O) groups is 1. The van der Waals surface area contributed by atoms with Crippen molar-refractivity contribution in [2.45, 2.75) is 0 Å². The van der Waals surface area contributed by atoms with E-state index in [1.54, 1.807) is 30.3 Å². The van der Waals surface area contributed by atoms with Crippen LogP contribution >= 0.6 is 0 Å². The number of nitrogens with one attached hydrogen (secondary N) is 1. The molecule has 1 amide bonds. The Morgan fingerprint density at radius 1 is 0.893 bits per heavy atom. The lowest BCUT2D eigenvalue weighted by molar-refractivity contribution is 0.101. The summed E-state index contributed by atoms with van der Waals surface area (Å²) in [5, 5.41) is 2.48. The van der Waals surface area contributed by atoms with E-state index < -0.39 is 23.1 Å². The molecule has 1 N–H and O–H groups in total. The number of amides is 1. The third kappa shape index (κ3) is 3.66. The number of hydrogen-bond donors (Lipinski definition) is 1. The van der Waals surface area contributed by atoms with Gasteiger partial charge in [0.2, 0.25) is 5.89 Å². The van der Waals surface area contributed by atoms with Crippen LogP contribution in [0.15, 0.2) is 71.1 Å². The molecule has 0 bridgehead atoms. The zero-order valence-corrected chi connectivity index (χ0v) is 14.5. The number of carbonyl (C=O) groups excluding carboxylic acids is 1. The third-order valence-electron chi connectivity index (χ3n) is 4.09. The van der Waals surface area contributed by atoms with Gasteiger partial charge < -0.3 is 9.73 Å². The summed E-state index contributed by atoms with van der Waals surface area (Å²) in [7, 11) is 0. The molecule has 1 heterocycles. The van der Waals surface area contributed by atoms with E-state index in [9.17, 15) is 13.6 Å². The van der Waals surface area contributed by atoms with Crippen LogP contribution in [0.2, 0.25) is 0 Å². The van der Waals surface area contributed by atoms with E-state index in [-0.39, 0.29) is 0 Å². The van der Waals surface area contributed by atoms with Crippen molar-refractivity contribution in [3.63, 3.8) is 0 Å². The molecule has 0 fully saturated rings. The summed E-state index contributed by atoms with van der Waals surface area (Å²) in [6, 6.07) is 17.6. The summed E-state index contributed by atoms with van der Waals surface area (Å²) in [5.41, 5.74) is 2.15. The molecule has 4 aromatic rings. The maximum Gasteiger partial charge on any atom is 0.261 e. The number of hydrogen-bond acceptors (Lipinski definition) is 3. The molecule has 4 nitrogen and oxygen atoms in total. The Bertz CT molecular complexity index is 1130. The number of halogens is 2. The van der Waals surface area contributed by atoms with Crippen LogP contribution in [0.25, 0.3) is 23.3 Å². The monoisotopic (exact) mass is 376 g/mol. The Kier molecular flexibility index (Phi) is 4.68. The lowest BCUT2D eigenvalue weighted by atomic mass is 10.1. The number of anilines is 1. The summed E-state index contributed by atoms with van der Waals surface area (Å²) >= 11 is 0. The topological polar surface area (TPSA) is 55.1 Å². The number of nitrogens with zero attached hydrogens (tertiary/aromatic N) is 1. The lowest BCUT2D eigenvalue weighted by Gasteiger charge is -2.07. The molecule has 0 saturated heterocycles. The van der Waals surface area contributed by atoms with Crippen molar-refractivity contribution in [2.75, 3.05) is 5.32 Å². The normalized spacial score (nSPS) is 11.2. The summed E-state index contributed by atoms with van der Waals surface area (Å²) in [6.45, 7) is 0. The Morgan fingerprint density at radius 2 is 1.61 bits per heavy atom. The van der Waals surface area contributed by atoms with Gasteiger partial charge in [-0.15, -0.1) is 0 Å². The molecule has 0 radical (unpaired) electrons. The molecule has 0 atom stereocenters. The van der Waals surface area contributed by atoms with Crippen molar-refractivity contribution in [3.05, 3.63) is 95.4 Å². The summed E-state index contributed by atoms with van der Waals surface area (Å²) < 4.78 is 33.0. The molecule has 3 aromatic carbocycles. The van der Waals surface area contributed by atoms with Crippen LogP contribution in [0.3, 0.4) is 0 Å². The van der Waals surface area contributed by atoms with Gasteiger partial charge in [-0.1, -0.05) is 30.3 Å². The van der Waals surface area contributed by atoms with Gasteiger partial charge in [0, 0.05) is 11.8 Å². The molecule has 6 heteroatoms. The number of para-hydroxylation sites is 2. The molecule has 0 aliphatic rings. The fourth-order valence-electron chi connectivity index (χ4n) is 2.71. The van der Waals surface area contributed by atoms with Crippen molar-refractivity contribution in [3.8, 4) is 0 Å². The second-order valence-corrected chi connectivity index (χ2v) is 6.03. The average Bonchev–Trinajstić information content (AvgIpc) is 3.10. The minimum absolute atomic E-state index is 0.423. The van der Waals surface area contributed by atoms with Crippen LogP contribution in [0.4, 0.5) is 14.5 Å². The Balaban J connectivity index is 1.47. The first-order valence-corrected chi connectivity index (χ1v) is 8.49. The number of aromatic nitrogens is 1. The molecular weight excluding hydrogens is 362 g/mol. The maximum atomic E-state index is 13.7. The lowest BCUT2D eigenvalue weighted by Crippen LogP contribution is -2.15. The van der Waals surface area contributed by atoms with Crippen molar-refractivity contribution in [1.82, 2.24) is 4.98 Å². The fraction of sp³-hybridized carbons (Fsp3) is 0. The van der Waals surface area contributed by atoms with Crippen LogP contribution in [-0.4, -0.2) is 10.9 Å². The van der Waals surface area contributed by atoms with Crippen molar-refractivity contribution in [2.24, 2.45) is 0 Å². The van der Waals surface area contributed by atoms with E-state index in [1.165, 1.54) is 6.07 Å². The van der Waals surface area contributed by atoms with Gasteiger partial charge in [0.25, 0.3) is 5.91 Å². The van der Waals surface area contributed by atoms with Gasteiger partial charge in [0.1, 0.15) is 22.7 Å². The molecule has 0 aliphatic heterocycles. The van der Waals surface area contributed by atoms with E-state index in [0.29, 0.717) is 17.2 Å². The zero-order chi connectivity index (χ0) is 19.5. The van der Waals surface area contributed by atoms with Gasteiger partial charge >= 0.3 is 0 Å². The highest BCUT2D eigenvalue weighted by Gasteiger charge is 2.16. The van der Waals surface area contributed by atoms with Crippen LogP contribution in [0.1, 0.15) is 21.8 Å². The standard InChI is InChI=1S/C22H14F2N2O2/c23-16-4-3-5-17(24)21(16)22(27)25-15-11-8-14(9-12-15)10-13-20-26-18-6-1-2-7-19(18)28-20/h1-13H,(H,25,27)/b13-10+. The summed E-state index contributed by atoms with van der Waals surface area (Å²) in [6.07, 6.45) is 3.55. The molecule has 0 unspecified atom stereocenters. The van der Waals surface area contributed by atoms with E-state index in [0.717, 1.165) is 23.2 Å². The van der Waals surface area contributed by atoms with Crippen LogP contribution < -0.4 is 5.32 Å². The van der Waals surface area contributed by atoms with Crippen LogP contribution in [0.5, 0.6) is 0 Å². The zero-order valence-electron chi connectivity index (χ0n) is 14.5. The predicted molar refractivity (Wildman–Crippen MR) is 104 cm³/mol. The molecule has 0 saturated carbocycles. The van der Waals surface area contributed by atoms with E-state index in [4.69, 9.17) is 4.42 Å². The van der Waals surface area contributed by atoms with Crippen LogP contribution in [0, 0.1) is 11.6 Å². The first-order chi connectivity index (χ1) is 13.6. The second-order valence-electron chi connectivity index (χ2n) is 6.03. The van der Waals surface area contributed by atoms with Gasteiger partial charge in [-0.3, -0.25) is 4.79 Å². The summed E-state index contributed by atoms with van der Waals surface area (Å²) in [4.78, 5) is 16.5. The first-order valence-electron chi connectivity index (χ1n) is 8.49. The largest absolute Gasteiger partial charge is 0.437 e. The highest BCUT2D eigenvalue weighted by Crippen LogP contribution is 2.19. The molecule has 4 rings (SSSR count). The predicted octanol–water partition coefficient (Wildman–Crippen LogP) is 5.53. The molecular formula is C22H14F2N2O2. The number of benzene rings is 3. The van der Waals surface area contributed by atoms with Gasteiger partial charge in [-0.2, -0.15) is 0 Å².